The van der Waals surface area contributed by atoms with Crippen LogP contribution in [0.1, 0.15) is 10.4 Å². The third-order valence-corrected chi connectivity index (χ3v) is 1.62. The molecule has 0 fully saturated rings. The molecule has 7 heteroatoms. The number of rotatable bonds is 2. The highest BCUT2D eigenvalue weighted by Gasteiger charge is 2.38. The minimum absolute atomic E-state index is 0.208. The van der Waals surface area contributed by atoms with Gasteiger partial charge in [0.2, 0.25) is 0 Å². The summed E-state index contributed by atoms with van der Waals surface area (Å²) in [5, 5.41) is 10.1. The molecule has 0 aliphatic carbocycles. The van der Waals surface area contributed by atoms with Gasteiger partial charge in [-0.2, -0.15) is 13.2 Å². The fourth-order valence-corrected chi connectivity index (χ4v) is 0.932. The zero-order chi connectivity index (χ0) is 12.3. The molecule has 1 amide bonds. The van der Waals surface area contributed by atoms with Crippen molar-refractivity contribution in [3.05, 3.63) is 29.8 Å². The van der Waals surface area contributed by atoms with Crippen LogP contribution in [0.5, 0.6) is 0 Å². The molecule has 0 aliphatic rings. The van der Waals surface area contributed by atoms with Gasteiger partial charge in [0.15, 0.2) is 0 Å². The van der Waals surface area contributed by atoms with Crippen molar-refractivity contribution in [1.82, 2.24) is 0 Å². The molecule has 1 aromatic carbocycles. The zero-order valence-electron chi connectivity index (χ0n) is 7.71. The molecule has 0 unspecified atom stereocenters. The highest BCUT2D eigenvalue weighted by atomic mass is 19.4. The minimum atomic E-state index is -5.00. The first-order valence-corrected chi connectivity index (χ1v) is 4.02. The second-order valence-corrected chi connectivity index (χ2v) is 2.84. The summed E-state index contributed by atoms with van der Waals surface area (Å²) in [6.07, 6.45) is -5.00. The lowest BCUT2D eigenvalue weighted by atomic mass is 10.2. The molecule has 4 nitrogen and oxygen atoms in total. The monoisotopic (exact) mass is 233 g/mol. The largest absolute Gasteiger partial charge is 0.478 e. The third-order valence-electron chi connectivity index (χ3n) is 1.62. The average molecular weight is 233 g/mol. The fourth-order valence-electron chi connectivity index (χ4n) is 0.932. The van der Waals surface area contributed by atoms with Gasteiger partial charge in [0.05, 0.1) is 5.56 Å². The number of carbonyl (C=O) groups excluding carboxylic acids is 1. The Morgan fingerprint density at radius 2 is 1.88 bits per heavy atom. The Kier molecular flexibility index (Phi) is 3.17. The second kappa shape index (κ2) is 4.21. The number of hydrogen-bond donors (Lipinski definition) is 2. The van der Waals surface area contributed by atoms with Crippen LogP contribution in [0.3, 0.4) is 0 Å². The van der Waals surface area contributed by atoms with Crippen molar-refractivity contribution >= 4 is 17.6 Å². The van der Waals surface area contributed by atoms with Gasteiger partial charge >= 0.3 is 18.1 Å². The van der Waals surface area contributed by atoms with Crippen LogP contribution in [-0.4, -0.2) is 23.2 Å². The van der Waals surface area contributed by atoms with Gasteiger partial charge in [-0.3, -0.25) is 4.79 Å². The molecule has 86 valence electrons. The van der Waals surface area contributed by atoms with Gasteiger partial charge in [0, 0.05) is 5.69 Å². The van der Waals surface area contributed by atoms with E-state index in [2.05, 4.69) is 0 Å². The van der Waals surface area contributed by atoms with E-state index in [9.17, 15) is 22.8 Å². The number of alkyl halides is 3. The van der Waals surface area contributed by atoms with Crippen LogP contribution in [-0.2, 0) is 4.79 Å². The van der Waals surface area contributed by atoms with E-state index in [0.29, 0.717) is 0 Å². The van der Waals surface area contributed by atoms with E-state index in [0.717, 1.165) is 12.1 Å². The zero-order valence-corrected chi connectivity index (χ0v) is 7.71. The topological polar surface area (TPSA) is 66.4 Å². The molecule has 0 saturated carbocycles. The normalized spacial score (nSPS) is 10.9. The van der Waals surface area contributed by atoms with Crippen molar-refractivity contribution in [2.24, 2.45) is 0 Å². The van der Waals surface area contributed by atoms with Gasteiger partial charge in [-0.15, -0.1) is 0 Å². The molecule has 0 spiro atoms. The first-order valence-electron chi connectivity index (χ1n) is 4.02. The van der Waals surface area contributed by atoms with Crippen molar-refractivity contribution in [2.45, 2.75) is 6.18 Å². The molecular formula is C9H6F3NO3. The molecular weight excluding hydrogens is 227 g/mol. The van der Waals surface area contributed by atoms with E-state index >= 15 is 0 Å². The van der Waals surface area contributed by atoms with Gasteiger partial charge in [-0.1, -0.05) is 6.07 Å². The minimum Gasteiger partial charge on any atom is -0.478 e. The number of halogens is 3. The number of anilines is 1. The molecule has 0 aliphatic heterocycles. The number of aromatic carboxylic acids is 1. The number of carboxylic acids is 1. The van der Waals surface area contributed by atoms with Crippen molar-refractivity contribution in [3.63, 3.8) is 0 Å². The molecule has 1 rings (SSSR count). The smallest absolute Gasteiger partial charge is 0.471 e. The van der Waals surface area contributed by atoms with E-state index in [1.165, 1.54) is 12.1 Å². The van der Waals surface area contributed by atoms with Crippen LogP contribution in [0.2, 0.25) is 0 Å². The summed E-state index contributed by atoms with van der Waals surface area (Å²) < 4.78 is 35.6. The van der Waals surface area contributed by atoms with Crippen LogP contribution in [0.4, 0.5) is 18.9 Å². The van der Waals surface area contributed by atoms with E-state index in [-0.39, 0.29) is 11.3 Å². The number of hydrogen-bond acceptors (Lipinski definition) is 2. The number of amides is 1. The summed E-state index contributed by atoms with van der Waals surface area (Å²) in [5.74, 6) is -3.43. The maximum absolute atomic E-state index is 11.9. The van der Waals surface area contributed by atoms with Crippen molar-refractivity contribution in [3.8, 4) is 0 Å². The number of carboxylic acid groups (broad SMARTS) is 1. The molecule has 2 N–H and O–H groups in total. The predicted octanol–water partition coefficient (Wildman–Crippen LogP) is 1.89. The number of benzene rings is 1. The maximum atomic E-state index is 11.9. The Morgan fingerprint density at radius 3 is 2.38 bits per heavy atom. The van der Waals surface area contributed by atoms with Crippen LogP contribution >= 0.6 is 0 Å². The Morgan fingerprint density at radius 1 is 1.25 bits per heavy atom. The SMILES string of the molecule is O=C(O)c1cccc(NC(=O)C(F)(F)F)c1. The van der Waals surface area contributed by atoms with Gasteiger partial charge in [-0.25, -0.2) is 4.79 Å². The molecule has 0 saturated heterocycles. The van der Waals surface area contributed by atoms with Crippen molar-refractivity contribution in [2.75, 3.05) is 5.32 Å². The summed E-state index contributed by atoms with van der Waals surface area (Å²) in [6, 6.07) is 4.53. The third kappa shape index (κ3) is 2.97. The quantitative estimate of drug-likeness (QED) is 0.819. The fraction of sp³-hybridized carbons (Fsp3) is 0.111. The van der Waals surface area contributed by atoms with E-state index < -0.39 is 18.1 Å². The predicted molar refractivity (Wildman–Crippen MR) is 48.1 cm³/mol. The highest BCUT2D eigenvalue weighted by molar-refractivity contribution is 5.96. The molecule has 0 atom stereocenters. The number of carbonyl (C=O) groups is 2. The lowest BCUT2D eigenvalue weighted by Crippen LogP contribution is -2.29. The first kappa shape index (κ1) is 12.0. The molecule has 0 radical (unpaired) electrons. The first-order chi connectivity index (χ1) is 7.30. The molecule has 0 aromatic heterocycles. The Labute approximate surface area is 87.7 Å². The van der Waals surface area contributed by atoms with Crippen molar-refractivity contribution in [1.29, 1.82) is 0 Å². The maximum Gasteiger partial charge on any atom is 0.471 e. The van der Waals surface area contributed by atoms with Crippen LogP contribution in [0.25, 0.3) is 0 Å². The lowest BCUT2D eigenvalue weighted by molar-refractivity contribution is -0.167. The Balaban J connectivity index is 2.87. The van der Waals surface area contributed by atoms with E-state index in [1.807, 2.05) is 0 Å². The molecule has 1 aromatic rings. The molecule has 0 bridgehead atoms. The second-order valence-electron chi connectivity index (χ2n) is 2.84. The van der Waals surface area contributed by atoms with Crippen LogP contribution < -0.4 is 5.32 Å². The summed E-state index contributed by atoms with van der Waals surface area (Å²) in [4.78, 5) is 21.0. The highest BCUT2D eigenvalue weighted by Crippen LogP contribution is 2.18. The van der Waals surface area contributed by atoms with Gasteiger partial charge in [0.1, 0.15) is 0 Å². The summed E-state index contributed by atoms with van der Waals surface area (Å²) in [5.41, 5.74) is -0.429. The average Bonchev–Trinajstić information content (AvgIpc) is 2.16. The molecule has 16 heavy (non-hydrogen) atoms. The summed E-state index contributed by atoms with van der Waals surface area (Å²) in [6.45, 7) is 0. The van der Waals surface area contributed by atoms with Gasteiger partial charge in [0.25, 0.3) is 0 Å². The lowest BCUT2D eigenvalue weighted by Gasteiger charge is -2.07. The standard InChI is InChI=1S/C9H6F3NO3/c10-9(11,12)8(16)13-6-3-1-2-5(4-6)7(14)15/h1-4H,(H,13,16)(H,14,15). The van der Waals surface area contributed by atoms with Crippen LogP contribution in [0, 0.1) is 0 Å². The van der Waals surface area contributed by atoms with Crippen LogP contribution in [0.15, 0.2) is 24.3 Å². The molecule has 0 heterocycles. The Hall–Kier alpha value is -2.05. The van der Waals surface area contributed by atoms with E-state index in [4.69, 9.17) is 5.11 Å². The van der Waals surface area contributed by atoms with Gasteiger partial charge in [-0.05, 0) is 18.2 Å². The summed E-state index contributed by atoms with van der Waals surface area (Å²) in [7, 11) is 0. The van der Waals surface area contributed by atoms with E-state index in [1.54, 1.807) is 5.32 Å². The van der Waals surface area contributed by atoms with Crippen molar-refractivity contribution < 1.29 is 27.9 Å². The summed E-state index contributed by atoms with van der Waals surface area (Å²) >= 11 is 0. The van der Waals surface area contributed by atoms with Gasteiger partial charge < -0.3 is 10.4 Å². The Bertz CT molecular complexity index is 428. The number of nitrogens with one attached hydrogen (secondary N) is 1.